The van der Waals surface area contributed by atoms with Crippen molar-refractivity contribution in [2.75, 3.05) is 6.61 Å². The molecule has 1 atom stereocenters. The van der Waals surface area contributed by atoms with Crippen LogP contribution in [0.5, 0.6) is 0 Å². The number of carbonyl (C=O) groups is 1. The molecular weight excluding hydrogens is 422 g/mol. The van der Waals surface area contributed by atoms with E-state index >= 15 is 0 Å². The molecule has 0 fully saturated rings. The maximum atomic E-state index is 12.1. The van der Waals surface area contributed by atoms with E-state index < -0.39 is 7.32 Å². The minimum atomic E-state index is -1.76. The molecule has 1 heterocycles. The molecule has 0 saturated heterocycles. The van der Waals surface area contributed by atoms with Gasteiger partial charge in [-0.2, -0.15) is 0 Å². The van der Waals surface area contributed by atoms with Crippen LogP contribution in [0.1, 0.15) is 43.1 Å². The van der Waals surface area contributed by atoms with E-state index in [4.69, 9.17) is 27.4 Å². The van der Waals surface area contributed by atoms with Crippen LogP contribution in [0.2, 0.25) is 5.02 Å². The molecule has 0 spiro atoms. The average molecular weight is 447 g/mol. The highest BCUT2D eigenvalue weighted by molar-refractivity contribution is 6.32. The van der Waals surface area contributed by atoms with E-state index in [-0.39, 0.29) is 37.4 Å². The minimum Gasteiger partial charge on any atom is -0.402 e. The second kappa shape index (κ2) is 13.5. The number of unbranched alkanes of at least 4 members (excludes halogenated alkanes) is 1. The number of nitrogens with two attached hydrogens (primary N) is 1. The number of aryl methyl sites for hydroxylation is 1. The van der Waals surface area contributed by atoms with Crippen LogP contribution in [0.15, 0.2) is 24.3 Å². The topological polar surface area (TPSA) is 148 Å². The third-order valence-electron chi connectivity index (χ3n) is 4.02. The molecule has 2 rings (SSSR count). The van der Waals surface area contributed by atoms with E-state index in [1.165, 1.54) is 4.68 Å². The first-order valence-corrected chi connectivity index (χ1v) is 9.34. The van der Waals surface area contributed by atoms with Gasteiger partial charge < -0.3 is 25.8 Å². The third kappa shape index (κ3) is 9.53. The lowest BCUT2D eigenvalue weighted by Crippen LogP contribution is -2.25. The van der Waals surface area contributed by atoms with Crippen molar-refractivity contribution < 1.29 is 19.5 Å². The second-order valence-electron chi connectivity index (χ2n) is 6.21. The van der Waals surface area contributed by atoms with Gasteiger partial charge in [-0.15, -0.1) is 17.5 Å². The number of hydrogen-bond acceptors (Lipinski definition) is 8. The summed E-state index contributed by atoms with van der Waals surface area (Å²) in [6.45, 7) is 0.966. The molecule has 5 N–H and O–H groups in total. The van der Waals surface area contributed by atoms with Gasteiger partial charge in [0.2, 0.25) is 5.91 Å². The van der Waals surface area contributed by atoms with Crippen molar-refractivity contribution in [3.8, 4) is 0 Å². The lowest BCUT2D eigenvalue weighted by molar-refractivity contribution is -0.121. The van der Waals surface area contributed by atoms with Crippen LogP contribution in [0.4, 0.5) is 0 Å². The van der Waals surface area contributed by atoms with Gasteiger partial charge in [-0.05, 0) is 47.4 Å². The molecule has 1 unspecified atom stereocenters. The summed E-state index contributed by atoms with van der Waals surface area (Å²) in [6, 6.07) is 6.87. The molecule has 29 heavy (non-hydrogen) atoms. The van der Waals surface area contributed by atoms with Crippen molar-refractivity contribution in [1.82, 2.24) is 25.5 Å². The monoisotopic (exact) mass is 446 g/mol. The molecular formula is C16H25BCl2N6O4. The van der Waals surface area contributed by atoms with Crippen LogP contribution >= 0.6 is 24.0 Å². The fraction of sp³-hybridized carbons (Fsp3) is 0.500. The van der Waals surface area contributed by atoms with Crippen LogP contribution in [0.3, 0.4) is 0 Å². The average Bonchev–Trinajstić information content (AvgIpc) is 3.14. The van der Waals surface area contributed by atoms with Crippen molar-refractivity contribution in [2.24, 2.45) is 5.73 Å². The fourth-order valence-corrected chi connectivity index (χ4v) is 2.65. The SMILES string of the molecule is Cl.NC(CCCCOB(O)O)c1nnnn1CCC(=O)NCc1ccc(Cl)cc1. The van der Waals surface area contributed by atoms with Gasteiger partial charge in [0.25, 0.3) is 0 Å². The minimum absolute atomic E-state index is 0. The zero-order valence-corrected chi connectivity index (χ0v) is 17.3. The third-order valence-corrected chi connectivity index (χ3v) is 4.27. The summed E-state index contributed by atoms with van der Waals surface area (Å²) < 4.78 is 6.17. The van der Waals surface area contributed by atoms with Crippen molar-refractivity contribution >= 4 is 37.2 Å². The van der Waals surface area contributed by atoms with Crippen molar-refractivity contribution in [3.63, 3.8) is 0 Å². The van der Waals surface area contributed by atoms with Crippen molar-refractivity contribution in [1.29, 1.82) is 0 Å². The first-order chi connectivity index (χ1) is 13.5. The number of aromatic nitrogens is 4. The Bertz CT molecular complexity index is 734. The van der Waals surface area contributed by atoms with E-state index in [1.54, 1.807) is 12.1 Å². The molecule has 0 aliphatic carbocycles. The Hall–Kier alpha value is -1.76. The number of nitrogens with zero attached hydrogens (tertiary/aromatic N) is 4. The van der Waals surface area contributed by atoms with Gasteiger partial charge in [0.1, 0.15) is 0 Å². The second-order valence-corrected chi connectivity index (χ2v) is 6.65. The van der Waals surface area contributed by atoms with Crippen LogP contribution < -0.4 is 11.1 Å². The molecule has 10 nitrogen and oxygen atoms in total. The molecule has 0 aliphatic heterocycles. The number of nitrogens with one attached hydrogen (secondary N) is 1. The van der Waals surface area contributed by atoms with E-state index in [2.05, 4.69) is 25.5 Å². The summed E-state index contributed by atoms with van der Waals surface area (Å²) in [7, 11) is -1.76. The van der Waals surface area contributed by atoms with Gasteiger partial charge >= 0.3 is 7.32 Å². The van der Waals surface area contributed by atoms with E-state index in [9.17, 15) is 4.79 Å². The van der Waals surface area contributed by atoms with Crippen molar-refractivity contribution in [3.05, 3.63) is 40.7 Å². The Labute approximate surface area is 180 Å². The number of rotatable bonds is 12. The van der Waals surface area contributed by atoms with Gasteiger partial charge in [-0.3, -0.25) is 4.79 Å². The first-order valence-electron chi connectivity index (χ1n) is 8.96. The summed E-state index contributed by atoms with van der Waals surface area (Å²) in [6.07, 6.45) is 2.16. The molecule has 160 valence electrons. The van der Waals surface area contributed by atoms with Crippen LogP contribution in [-0.4, -0.2) is 50.1 Å². The number of benzene rings is 1. The predicted molar refractivity (Wildman–Crippen MR) is 110 cm³/mol. The van der Waals surface area contributed by atoms with Gasteiger partial charge in [-0.1, -0.05) is 23.7 Å². The molecule has 1 aromatic heterocycles. The molecule has 0 bridgehead atoms. The molecule has 0 saturated carbocycles. The lowest BCUT2D eigenvalue weighted by atomic mass is 10.1. The summed E-state index contributed by atoms with van der Waals surface area (Å²) >= 11 is 5.84. The molecule has 13 heteroatoms. The Morgan fingerprint density at radius 1 is 1.31 bits per heavy atom. The standard InChI is InChI=1S/C16H24BClN6O4.ClH/c18-13-6-4-12(5-7-13)11-20-15(25)8-9-24-16(21-22-23-24)14(19)3-1-2-10-28-17(26)27;/h4-7,14,26-27H,1-3,8-11,19H2,(H,20,25);1H. The number of halogens is 2. The maximum Gasteiger partial charge on any atom is 0.633 e. The largest absolute Gasteiger partial charge is 0.633 e. The highest BCUT2D eigenvalue weighted by Gasteiger charge is 2.16. The van der Waals surface area contributed by atoms with E-state index in [0.29, 0.717) is 43.2 Å². The normalized spacial score (nSPS) is 11.6. The summed E-state index contributed by atoms with van der Waals surface area (Å²) in [5.41, 5.74) is 7.08. The Balaban J connectivity index is 0.00000420. The predicted octanol–water partition coefficient (Wildman–Crippen LogP) is 0.611. The van der Waals surface area contributed by atoms with Gasteiger partial charge in [0.05, 0.1) is 12.6 Å². The molecule has 1 aromatic carbocycles. The van der Waals surface area contributed by atoms with Gasteiger partial charge in [0, 0.05) is 24.6 Å². The molecule has 0 aliphatic rings. The zero-order valence-electron chi connectivity index (χ0n) is 15.8. The molecule has 2 aromatic rings. The number of amides is 1. The van der Waals surface area contributed by atoms with Crippen molar-refractivity contribution in [2.45, 2.75) is 44.8 Å². The molecule has 0 radical (unpaired) electrons. The Morgan fingerprint density at radius 2 is 2.03 bits per heavy atom. The Morgan fingerprint density at radius 3 is 2.72 bits per heavy atom. The summed E-state index contributed by atoms with van der Waals surface area (Å²) in [5, 5.41) is 32.2. The first kappa shape index (κ1) is 25.3. The number of hydrogen-bond donors (Lipinski definition) is 4. The summed E-state index contributed by atoms with van der Waals surface area (Å²) in [5.74, 6) is 0.387. The maximum absolute atomic E-state index is 12.1. The van der Waals surface area contributed by atoms with Crippen LogP contribution in [-0.2, 0) is 22.5 Å². The fourth-order valence-electron chi connectivity index (χ4n) is 2.52. The van der Waals surface area contributed by atoms with E-state index in [0.717, 1.165) is 5.56 Å². The highest BCUT2D eigenvalue weighted by atomic mass is 35.5. The number of carbonyl (C=O) groups excluding carboxylic acids is 1. The van der Waals surface area contributed by atoms with E-state index in [1.807, 2.05) is 12.1 Å². The zero-order chi connectivity index (χ0) is 20.4. The quantitative estimate of drug-likeness (QED) is 0.273. The summed E-state index contributed by atoms with van der Waals surface area (Å²) in [4.78, 5) is 12.1. The smallest absolute Gasteiger partial charge is 0.402 e. The van der Waals surface area contributed by atoms with Gasteiger partial charge in [0.15, 0.2) is 5.82 Å². The Kier molecular flexibility index (Phi) is 11.7. The van der Waals surface area contributed by atoms with Crippen LogP contribution in [0, 0.1) is 0 Å². The number of tetrazole rings is 1. The lowest BCUT2D eigenvalue weighted by Gasteiger charge is -2.12. The highest BCUT2D eigenvalue weighted by Crippen LogP contribution is 2.14. The van der Waals surface area contributed by atoms with Gasteiger partial charge in [-0.25, -0.2) is 4.68 Å². The van der Waals surface area contributed by atoms with Crippen LogP contribution in [0.25, 0.3) is 0 Å². The molecule has 1 amide bonds.